The van der Waals surface area contributed by atoms with Crippen molar-refractivity contribution < 1.29 is 14.6 Å². The lowest BCUT2D eigenvalue weighted by molar-refractivity contribution is -0.120. The summed E-state index contributed by atoms with van der Waals surface area (Å²) >= 11 is 0. The molecule has 14 heavy (non-hydrogen) atoms. The van der Waals surface area contributed by atoms with Gasteiger partial charge in [-0.15, -0.1) is 0 Å². The third-order valence-corrected chi connectivity index (χ3v) is 2.21. The molecule has 0 fully saturated rings. The van der Waals surface area contributed by atoms with Crippen molar-refractivity contribution in [2.75, 3.05) is 6.79 Å². The van der Waals surface area contributed by atoms with Crippen LogP contribution < -0.4 is 11.5 Å². The number of carbonyl (C=O) groups excluding carboxylic acids is 1. The van der Waals surface area contributed by atoms with Crippen LogP contribution in [0.2, 0.25) is 0 Å². The summed E-state index contributed by atoms with van der Waals surface area (Å²) < 4.78 is 4.82. The molecular weight excluding hydrogens is 184 g/mol. The number of rotatable bonds is 3. The fraction of sp³-hybridized carbons (Fsp3) is 0.444. The van der Waals surface area contributed by atoms with Gasteiger partial charge in [-0.1, -0.05) is 6.08 Å². The molecule has 0 bridgehead atoms. The molecule has 0 saturated carbocycles. The molecule has 1 unspecified atom stereocenters. The van der Waals surface area contributed by atoms with Crippen LogP contribution in [0.4, 0.5) is 0 Å². The van der Waals surface area contributed by atoms with E-state index in [0.29, 0.717) is 11.5 Å². The first kappa shape index (κ1) is 10.7. The first-order valence-electron chi connectivity index (χ1n) is 4.21. The Balaban J connectivity index is 2.85. The molecule has 78 valence electrons. The highest BCUT2D eigenvalue weighted by atomic mass is 16.6. The van der Waals surface area contributed by atoms with Gasteiger partial charge in [0.2, 0.25) is 0 Å². The van der Waals surface area contributed by atoms with E-state index >= 15 is 0 Å². The number of aliphatic hydroxyl groups excluding tert-OH is 1. The first-order chi connectivity index (χ1) is 6.49. The van der Waals surface area contributed by atoms with Crippen LogP contribution in [0.15, 0.2) is 23.6 Å². The summed E-state index contributed by atoms with van der Waals surface area (Å²) in [7, 11) is 0. The Labute approximate surface area is 82.0 Å². The zero-order valence-electron chi connectivity index (χ0n) is 7.99. The zero-order valence-corrected chi connectivity index (χ0v) is 7.99. The van der Waals surface area contributed by atoms with E-state index in [1.54, 1.807) is 0 Å². The molecule has 0 aromatic rings. The maximum absolute atomic E-state index is 11.2. The number of hydrogen-bond acceptors (Lipinski definition) is 5. The Morgan fingerprint density at radius 2 is 2.43 bits per heavy atom. The van der Waals surface area contributed by atoms with E-state index in [1.165, 1.54) is 19.1 Å². The fourth-order valence-electron chi connectivity index (χ4n) is 1.24. The van der Waals surface area contributed by atoms with E-state index in [-0.39, 0.29) is 12.2 Å². The first-order valence-corrected chi connectivity index (χ1v) is 4.21. The van der Waals surface area contributed by atoms with Crippen LogP contribution in [-0.4, -0.2) is 23.2 Å². The fourth-order valence-corrected chi connectivity index (χ4v) is 1.24. The minimum atomic E-state index is -1.04. The lowest BCUT2D eigenvalue weighted by atomic mass is 9.86. The minimum absolute atomic E-state index is 0.153. The van der Waals surface area contributed by atoms with Crippen LogP contribution in [-0.2, 0) is 9.53 Å². The molecule has 0 radical (unpaired) electrons. The lowest BCUT2D eigenvalue weighted by Crippen LogP contribution is -2.47. The number of ether oxygens (including phenoxy) is 1. The van der Waals surface area contributed by atoms with Gasteiger partial charge in [-0.2, -0.15) is 0 Å². The van der Waals surface area contributed by atoms with Crippen molar-refractivity contribution in [3.8, 4) is 0 Å². The van der Waals surface area contributed by atoms with Gasteiger partial charge in [-0.05, 0) is 13.0 Å². The molecule has 1 rings (SSSR count). The summed E-state index contributed by atoms with van der Waals surface area (Å²) in [5.74, 6) is 0.217. The van der Waals surface area contributed by atoms with E-state index in [0.717, 1.165) is 0 Å². The molecule has 0 aromatic carbocycles. The summed E-state index contributed by atoms with van der Waals surface area (Å²) in [6.07, 6.45) is 3.27. The number of hydrogen-bond donors (Lipinski definition) is 3. The summed E-state index contributed by atoms with van der Waals surface area (Å²) in [5, 5.41) is 8.53. The Bertz CT molecular complexity index is 309. The van der Waals surface area contributed by atoms with Crippen molar-refractivity contribution in [1.82, 2.24) is 0 Å². The summed E-state index contributed by atoms with van der Waals surface area (Å²) in [6.45, 7) is 0.966. The van der Waals surface area contributed by atoms with Crippen LogP contribution in [0.25, 0.3) is 0 Å². The molecule has 0 saturated heterocycles. The van der Waals surface area contributed by atoms with E-state index < -0.39 is 12.3 Å². The third kappa shape index (κ3) is 1.94. The van der Waals surface area contributed by atoms with E-state index in [9.17, 15) is 4.79 Å². The third-order valence-electron chi connectivity index (χ3n) is 2.21. The molecular formula is C9H14N2O3. The molecule has 0 aliphatic heterocycles. The van der Waals surface area contributed by atoms with Crippen LogP contribution in [0.5, 0.6) is 0 Å². The summed E-state index contributed by atoms with van der Waals surface area (Å²) in [6, 6.07) is 0. The van der Waals surface area contributed by atoms with Gasteiger partial charge in [0.15, 0.2) is 12.6 Å². The maximum Gasteiger partial charge on any atom is 0.186 e. The molecule has 0 spiro atoms. The van der Waals surface area contributed by atoms with Crippen molar-refractivity contribution in [3.63, 3.8) is 0 Å². The number of nitrogens with two attached hydrogens (primary N) is 2. The monoisotopic (exact) mass is 198 g/mol. The molecule has 1 aliphatic rings. The SMILES string of the molecule is CC(=O)C1(N)C=CC(OCO)=C(N)C1. The number of Topliss-reactive ketones (excluding diaryl/α,β-unsaturated/α-hetero) is 1. The molecule has 5 N–H and O–H groups in total. The molecule has 0 aromatic heterocycles. The lowest BCUT2D eigenvalue weighted by Gasteiger charge is -2.27. The standard InChI is InChI=1S/C9H14N2O3/c1-6(13)9(11)3-2-8(14-5-12)7(10)4-9/h2-3,12H,4-5,10-11H2,1H3. The molecule has 5 nitrogen and oxygen atoms in total. The van der Waals surface area contributed by atoms with Crippen molar-refractivity contribution in [2.45, 2.75) is 18.9 Å². The Hall–Kier alpha value is -1.33. The topological polar surface area (TPSA) is 98.6 Å². The second-order valence-electron chi connectivity index (χ2n) is 3.27. The van der Waals surface area contributed by atoms with Gasteiger partial charge in [-0.25, -0.2) is 0 Å². The highest BCUT2D eigenvalue weighted by molar-refractivity contribution is 5.89. The van der Waals surface area contributed by atoms with Gasteiger partial charge in [-0.3, -0.25) is 4.79 Å². The van der Waals surface area contributed by atoms with Gasteiger partial charge in [0.1, 0.15) is 5.76 Å². The van der Waals surface area contributed by atoms with Crippen molar-refractivity contribution in [2.24, 2.45) is 11.5 Å². The van der Waals surface area contributed by atoms with Crippen molar-refractivity contribution in [3.05, 3.63) is 23.6 Å². The Morgan fingerprint density at radius 3 is 2.86 bits per heavy atom. The van der Waals surface area contributed by atoms with Crippen LogP contribution in [0.3, 0.4) is 0 Å². The van der Waals surface area contributed by atoms with Gasteiger partial charge in [0, 0.05) is 6.42 Å². The predicted molar refractivity (Wildman–Crippen MR) is 50.7 cm³/mol. The Morgan fingerprint density at radius 1 is 1.79 bits per heavy atom. The number of ketones is 1. The minimum Gasteiger partial charge on any atom is -0.466 e. The van der Waals surface area contributed by atoms with E-state index in [2.05, 4.69) is 0 Å². The zero-order chi connectivity index (χ0) is 10.8. The van der Waals surface area contributed by atoms with Gasteiger partial charge >= 0.3 is 0 Å². The van der Waals surface area contributed by atoms with E-state index in [4.69, 9.17) is 21.3 Å². The number of allylic oxidation sites excluding steroid dienone is 1. The highest BCUT2D eigenvalue weighted by Gasteiger charge is 2.31. The quantitative estimate of drug-likeness (QED) is 0.524. The largest absolute Gasteiger partial charge is 0.466 e. The second-order valence-corrected chi connectivity index (χ2v) is 3.27. The summed E-state index contributed by atoms with van der Waals surface area (Å²) in [4.78, 5) is 11.2. The van der Waals surface area contributed by atoms with Gasteiger partial charge < -0.3 is 21.3 Å². The summed E-state index contributed by atoms with van der Waals surface area (Å²) in [5.41, 5.74) is 10.8. The molecule has 1 atom stereocenters. The predicted octanol–water partition coefficient (Wildman–Crippen LogP) is -0.630. The van der Waals surface area contributed by atoms with Crippen molar-refractivity contribution >= 4 is 5.78 Å². The average Bonchev–Trinajstić information content (AvgIpc) is 2.10. The van der Waals surface area contributed by atoms with Crippen molar-refractivity contribution in [1.29, 1.82) is 0 Å². The van der Waals surface area contributed by atoms with Crippen LogP contribution in [0.1, 0.15) is 13.3 Å². The smallest absolute Gasteiger partial charge is 0.186 e. The van der Waals surface area contributed by atoms with Gasteiger partial charge in [0.05, 0.1) is 11.2 Å². The maximum atomic E-state index is 11.2. The van der Waals surface area contributed by atoms with Crippen LogP contribution in [0, 0.1) is 0 Å². The highest BCUT2D eigenvalue weighted by Crippen LogP contribution is 2.23. The van der Waals surface area contributed by atoms with Crippen LogP contribution >= 0.6 is 0 Å². The molecule has 1 aliphatic carbocycles. The van der Waals surface area contributed by atoms with Gasteiger partial charge in [0.25, 0.3) is 0 Å². The average molecular weight is 198 g/mol. The number of carbonyl (C=O) groups is 1. The molecule has 5 heteroatoms. The molecule has 0 amide bonds. The Kier molecular flexibility index (Phi) is 2.93. The van der Waals surface area contributed by atoms with E-state index in [1.807, 2.05) is 0 Å². The second kappa shape index (κ2) is 3.81. The number of aliphatic hydroxyl groups is 1. The normalized spacial score (nSPS) is 26.5. The molecule has 0 heterocycles.